The van der Waals surface area contributed by atoms with E-state index >= 15 is 0 Å². The monoisotopic (exact) mass is 363 g/mol. The van der Waals surface area contributed by atoms with Crippen molar-refractivity contribution < 1.29 is 14.7 Å². The van der Waals surface area contributed by atoms with Gasteiger partial charge < -0.3 is 10.4 Å². The van der Waals surface area contributed by atoms with Gasteiger partial charge in [-0.2, -0.15) is 0 Å². The molecule has 2 aromatic carbocycles. The van der Waals surface area contributed by atoms with Gasteiger partial charge >= 0.3 is 5.97 Å². The highest BCUT2D eigenvalue weighted by Crippen LogP contribution is 2.30. The van der Waals surface area contributed by atoms with Gasteiger partial charge in [-0.05, 0) is 36.0 Å². The zero-order chi connectivity index (χ0) is 19.1. The minimum absolute atomic E-state index is 0.00560. The number of benzene rings is 2. The highest BCUT2D eigenvalue weighted by Gasteiger charge is 2.31. The quantitative estimate of drug-likeness (QED) is 0.596. The van der Waals surface area contributed by atoms with Gasteiger partial charge in [0.15, 0.2) is 0 Å². The van der Waals surface area contributed by atoms with Gasteiger partial charge in [-0.1, -0.05) is 73.5 Å². The predicted molar refractivity (Wildman–Crippen MR) is 107 cm³/mol. The number of nitrogens with one attached hydrogen (secondary N) is 1. The number of carboxylic acids is 1. The summed E-state index contributed by atoms with van der Waals surface area (Å²) >= 11 is 0. The molecular weight excluding hydrogens is 338 g/mol. The molecular formula is C23H25NO3. The number of carbonyl (C=O) groups is 2. The van der Waals surface area contributed by atoms with E-state index in [1.807, 2.05) is 66.7 Å². The first-order valence-electron chi connectivity index (χ1n) is 9.48. The summed E-state index contributed by atoms with van der Waals surface area (Å²) in [6.45, 7) is 0.398. The Morgan fingerprint density at radius 3 is 2.26 bits per heavy atom. The van der Waals surface area contributed by atoms with Crippen molar-refractivity contribution in [2.75, 3.05) is 6.54 Å². The number of amides is 1. The minimum Gasteiger partial charge on any atom is -0.481 e. The Hall–Kier alpha value is -2.88. The zero-order valence-corrected chi connectivity index (χ0v) is 15.3. The maximum Gasteiger partial charge on any atom is 0.306 e. The van der Waals surface area contributed by atoms with Gasteiger partial charge in [0.2, 0.25) is 0 Å². The molecule has 2 N–H and O–H groups in total. The second-order valence-electron chi connectivity index (χ2n) is 7.03. The number of carbonyl (C=O) groups excluding carboxylic acids is 1. The van der Waals surface area contributed by atoms with Gasteiger partial charge in [0.1, 0.15) is 0 Å². The zero-order valence-electron chi connectivity index (χ0n) is 15.3. The molecule has 1 amide bonds. The standard InChI is InChI=1S/C23H25NO3/c25-22(24-16-19-13-7-8-14-20(19)23(26)27)21(18-11-5-2-6-12-18)15-17-9-3-1-4-10-17/h1-6,9-12,15,19-20H,7-8,13-14,16H2,(H,24,25)(H,26,27)/b21-15-/t19-,20-/m0/s1. The van der Waals surface area contributed by atoms with E-state index in [0.29, 0.717) is 18.5 Å². The Kier molecular flexibility index (Phi) is 6.42. The van der Waals surface area contributed by atoms with Crippen LogP contribution in [0.5, 0.6) is 0 Å². The van der Waals surface area contributed by atoms with Crippen LogP contribution in [0.4, 0.5) is 0 Å². The van der Waals surface area contributed by atoms with Crippen molar-refractivity contribution >= 4 is 23.5 Å². The Bertz CT molecular complexity index is 799. The summed E-state index contributed by atoms with van der Waals surface area (Å²) in [5, 5.41) is 12.4. The van der Waals surface area contributed by atoms with Crippen LogP contribution in [0, 0.1) is 11.8 Å². The molecule has 3 rings (SSSR count). The van der Waals surface area contributed by atoms with Crippen molar-refractivity contribution in [3.05, 3.63) is 71.8 Å². The second-order valence-corrected chi connectivity index (χ2v) is 7.03. The lowest BCUT2D eigenvalue weighted by molar-refractivity contribution is -0.145. The van der Waals surface area contributed by atoms with Gasteiger partial charge in [0.25, 0.3) is 5.91 Å². The molecule has 0 heterocycles. The second kappa shape index (κ2) is 9.17. The highest BCUT2D eigenvalue weighted by atomic mass is 16.4. The van der Waals surface area contributed by atoms with Crippen molar-refractivity contribution in [3.63, 3.8) is 0 Å². The molecule has 0 aromatic heterocycles. The molecule has 1 fully saturated rings. The van der Waals surface area contributed by atoms with Crippen molar-refractivity contribution in [3.8, 4) is 0 Å². The molecule has 0 radical (unpaired) electrons. The van der Waals surface area contributed by atoms with E-state index in [2.05, 4.69) is 5.32 Å². The molecule has 2 aromatic rings. The fourth-order valence-corrected chi connectivity index (χ4v) is 3.71. The Balaban J connectivity index is 1.77. The number of carboxylic acid groups (broad SMARTS) is 1. The normalized spacial score (nSPS) is 20.1. The number of hydrogen-bond acceptors (Lipinski definition) is 2. The van der Waals surface area contributed by atoms with E-state index in [1.165, 1.54) is 0 Å². The van der Waals surface area contributed by atoms with Crippen molar-refractivity contribution in [2.45, 2.75) is 25.7 Å². The van der Waals surface area contributed by atoms with Crippen LogP contribution in [0.2, 0.25) is 0 Å². The average Bonchev–Trinajstić information content (AvgIpc) is 2.72. The lowest BCUT2D eigenvalue weighted by Crippen LogP contribution is -2.37. The maximum atomic E-state index is 12.9. The first-order valence-corrected chi connectivity index (χ1v) is 9.48. The summed E-state index contributed by atoms with van der Waals surface area (Å²) in [5.41, 5.74) is 2.38. The van der Waals surface area contributed by atoms with Crippen LogP contribution in [0.3, 0.4) is 0 Å². The van der Waals surface area contributed by atoms with Crippen LogP contribution in [0.15, 0.2) is 60.7 Å². The van der Waals surface area contributed by atoms with Crippen LogP contribution in [0.25, 0.3) is 11.6 Å². The first kappa shape index (κ1) is 18.9. The molecule has 2 atom stereocenters. The molecule has 1 saturated carbocycles. The summed E-state index contributed by atoms with van der Waals surface area (Å²) in [7, 11) is 0. The van der Waals surface area contributed by atoms with Crippen molar-refractivity contribution in [2.24, 2.45) is 11.8 Å². The molecule has 0 unspecified atom stereocenters. The average molecular weight is 363 g/mol. The van der Waals surface area contributed by atoms with Gasteiger partial charge in [0, 0.05) is 12.1 Å². The lowest BCUT2D eigenvalue weighted by atomic mass is 9.79. The molecule has 0 spiro atoms. The van der Waals surface area contributed by atoms with E-state index in [-0.39, 0.29) is 17.7 Å². The van der Waals surface area contributed by atoms with Crippen LogP contribution in [0.1, 0.15) is 36.8 Å². The fraction of sp³-hybridized carbons (Fsp3) is 0.304. The summed E-state index contributed by atoms with van der Waals surface area (Å²) < 4.78 is 0. The molecule has 4 nitrogen and oxygen atoms in total. The van der Waals surface area contributed by atoms with Gasteiger partial charge in [-0.3, -0.25) is 9.59 Å². The fourth-order valence-electron chi connectivity index (χ4n) is 3.71. The van der Waals surface area contributed by atoms with E-state index in [1.54, 1.807) is 0 Å². The number of hydrogen-bond donors (Lipinski definition) is 2. The SMILES string of the molecule is O=C(NC[C@@H]1CCCC[C@@H]1C(=O)O)/C(=C\c1ccccc1)c1ccccc1. The maximum absolute atomic E-state index is 12.9. The van der Waals surface area contributed by atoms with Crippen molar-refractivity contribution in [1.82, 2.24) is 5.32 Å². The Morgan fingerprint density at radius 2 is 1.59 bits per heavy atom. The topological polar surface area (TPSA) is 66.4 Å². The molecule has 1 aliphatic carbocycles. The molecule has 27 heavy (non-hydrogen) atoms. The van der Waals surface area contributed by atoms with Crippen LogP contribution in [-0.4, -0.2) is 23.5 Å². The number of rotatable bonds is 6. The minimum atomic E-state index is -0.753. The van der Waals surface area contributed by atoms with E-state index in [0.717, 1.165) is 30.4 Å². The van der Waals surface area contributed by atoms with Crippen LogP contribution in [-0.2, 0) is 9.59 Å². The summed E-state index contributed by atoms with van der Waals surface area (Å²) in [5.74, 6) is -1.29. The molecule has 0 aliphatic heterocycles. The molecule has 0 saturated heterocycles. The third-order valence-electron chi connectivity index (χ3n) is 5.19. The van der Waals surface area contributed by atoms with Crippen LogP contribution < -0.4 is 5.32 Å². The Labute approximate surface area is 159 Å². The van der Waals surface area contributed by atoms with Crippen LogP contribution >= 0.6 is 0 Å². The smallest absolute Gasteiger partial charge is 0.306 e. The lowest BCUT2D eigenvalue weighted by Gasteiger charge is -2.28. The predicted octanol–water partition coefficient (Wildman–Crippen LogP) is 4.23. The van der Waals surface area contributed by atoms with Gasteiger partial charge in [-0.15, -0.1) is 0 Å². The number of aliphatic carboxylic acids is 1. The largest absolute Gasteiger partial charge is 0.481 e. The van der Waals surface area contributed by atoms with Crippen molar-refractivity contribution in [1.29, 1.82) is 0 Å². The third kappa shape index (κ3) is 5.07. The Morgan fingerprint density at radius 1 is 0.963 bits per heavy atom. The highest BCUT2D eigenvalue weighted by molar-refractivity contribution is 6.24. The van der Waals surface area contributed by atoms with Gasteiger partial charge in [0.05, 0.1) is 5.92 Å². The summed E-state index contributed by atoms with van der Waals surface area (Å²) in [6.07, 6.45) is 5.39. The van der Waals surface area contributed by atoms with E-state index in [4.69, 9.17) is 0 Å². The van der Waals surface area contributed by atoms with E-state index in [9.17, 15) is 14.7 Å². The summed E-state index contributed by atoms with van der Waals surface area (Å²) in [4.78, 5) is 24.4. The molecule has 140 valence electrons. The molecule has 1 aliphatic rings. The molecule has 4 heteroatoms. The first-order chi connectivity index (χ1) is 13.1. The third-order valence-corrected chi connectivity index (χ3v) is 5.19. The van der Waals surface area contributed by atoms with E-state index < -0.39 is 5.97 Å². The van der Waals surface area contributed by atoms with Gasteiger partial charge in [-0.25, -0.2) is 0 Å². The summed E-state index contributed by atoms with van der Waals surface area (Å²) in [6, 6.07) is 19.3. The molecule has 0 bridgehead atoms.